The van der Waals surface area contributed by atoms with Crippen molar-refractivity contribution in [1.29, 1.82) is 0 Å². The predicted octanol–water partition coefficient (Wildman–Crippen LogP) is 2.26. The number of rotatable bonds is 6. The highest BCUT2D eigenvalue weighted by atomic mass is 16.5. The first kappa shape index (κ1) is 14.5. The van der Waals surface area contributed by atoms with Crippen LogP contribution in [0.4, 0.5) is 0 Å². The summed E-state index contributed by atoms with van der Waals surface area (Å²) in [6, 6.07) is 8.77. The minimum Gasteiger partial charge on any atom is -0.379 e. The lowest BCUT2D eigenvalue weighted by Crippen LogP contribution is -2.36. The van der Waals surface area contributed by atoms with Crippen LogP contribution in [0.2, 0.25) is 0 Å². The summed E-state index contributed by atoms with van der Waals surface area (Å²) in [5, 5.41) is 3.54. The molecule has 3 heteroatoms. The van der Waals surface area contributed by atoms with Crippen LogP contribution >= 0.6 is 0 Å². The Labute approximate surface area is 116 Å². The molecule has 0 aliphatic carbocycles. The second-order valence-corrected chi connectivity index (χ2v) is 5.68. The fourth-order valence-electron chi connectivity index (χ4n) is 2.38. The third kappa shape index (κ3) is 4.94. The molecule has 0 unspecified atom stereocenters. The average molecular weight is 262 g/mol. The van der Waals surface area contributed by atoms with Gasteiger partial charge in [0.15, 0.2) is 0 Å². The molecule has 0 radical (unpaired) electrons. The Bertz CT molecular complexity index is 373. The summed E-state index contributed by atoms with van der Waals surface area (Å²) in [4.78, 5) is 2.48. The van der Waals surface area contributed by atoms with E-state index in [0.29, 0.717) is 5.92 Å². The van der Waals surface area contributed by atoms with Crippen LogP contribution in [0.3, 0.4) is 0 Å². The third-order valence-electron chi connectivity index (χ3n) is 3.48. The van der Waals surface area contributed by atoms with Crippen LogP contribution in [0.1, 0.15) is 25.0 Å². The molecule has 0 atom stereocenters. The maximum atomic E-state index is 5.40. The SMILES string of the molecule is CC(C)CNCc1ccccc1CN1CCOCC1. The quantitative estimate of drug-likeness (QED) is 0.851. The molecule has 1 fully saturated rings. The van der Waals surface area contributed by atoms with Gasteiger partial charge in [0.1, 0.15) is 0 Å². The fourth-order valence-corrected chi connectivity index (χ4v) is 2.38. The Morgan fingerprint density at radius 1 is 1.16 bits per heavy atom. The number of hydrogen-bond donors (Lipinski definition) is 1. The number of morpholine rings is 1. The van der Waals surface area contributed by atoms with Crippen molar-refractivity contribution in [1.82, 2.24) is 10.2 Å². The zero-order valence-corrected chi connectivity index (χ0v) is 12.2. The van der Waals surface area contributed by atoms with Crippen molar-refractivity contribution in [3.63, 3.8) is 0 Å². The molecule has 1 aromatic rings. The molecule has 0 bridgehead atoms. The summed E-state index contributed by atoms with van der Waals surface area (Å²) in [5.74, 6) is 0.700. The zero-order chi connectivity index (χ0) is 13.5. The van der Waals surface area contributed by atoms with Gasteiger partial charge in [-0.05, 0) is 23.6 Å². The van der Waals surface area contributed by atoms with E-state index in [1.165, 1.54) is 11.1 Å². The second kappa shape index (κ2) is 7.63. The maximum absolute atomic E-state index is 5.40. The van der Waals surface area contributed by atoms with E-state index >= 15 is 0 Å². The number of nitrogens with one attached hydrogen (secondary N) is 1. The molecular weight excluding hydrogens is 236 g/mol. The van der Waals surface area contributed by atoms with Gasteiger partial charge >= 0.3 is 0 Å². The summed E-state index contributed by atoms with van der Waals surface area (Å²) >= 11 is 0. The smallest absolute Gasteiger partial charge is 0.0594 e. The lowest BCUT2D eigenvalue weighted by atomic mass is 10.1. The van der Waals surface area contributed by atoms with Crippen molar-refractivity contribution in [2.24, 2.45) is 5.92 Å². The van der Waals surface area contributed by atoms with Crippen LogP contribution in [0.5, 0.6) is 0 Å². The van der Waals surface area contributed by atoms with Crippen LogP contribution < -0.4 is 5.32 Å². The number of nitrogens with zero attached hydrogens (tertiary/aromatic N) is 1. The van der Waals surface area contributed by atoms with E-state index < -0.39 is 0 Å². The topological polar surface area (TPSA) is 24.5 Å². The van der Waals surface area contributed by atoms with Gasteiger partial charge in [0, 0.05) is 26.2 Å². The zero-order valence-electron chi connectivity index (χ0n) is 12.2. The van der Waals surface area contributed by atoms with Crippen molar-refractivity contribution < 1.29 is 4.74 Å². The summed E-state index contributed by atoms with van der Waals surface area (Å²) < 4.78 is 5.40. The molecule has 2 rings (SSSR count). The first-order valence-electron chi connectivity index (χ1n) is 7.33. The van der Waals surface area contributed by atoms with Gasteiger partial charge in [0.25, 0.3) is 0 Å². The minimum absolute atomic E-state index is 0.700. The molecule has 1 aromatic carbocycles. The van der Waals surface area contributed by atoms with Crippen molar-refractivity contribution in [2.75, 3.05) is 32.8 Å². The summed E-state index contributed by atoms with van der Waals surface area (Å²) in [7, 11) is 0. The van der Waals surface area contributed by atoms with Gasteiger partial charge in [-0.2, -0.15) is 0 Å². The molecule has 19 heavy (non-hydrogen) atoms. The molecule has 1 heterocycles. The van der Waals surface area contributed by atoms with Crippen molar-refractivity contribution in [3.8, 4) is 0 Å². The van der Waals surface area contributed by atoms with E-state index in [0.717, 1.165) is 45.9 Å². The third-order valence-corrected chi connectivity index (χ3v) is 3.48. The molecule has 3 nitrogen and oxygen atoms in total. The molecule has 0 amide bonds. The highest BCUT2D eigenvalue weighted by Gasteiger charge is 2.12. The van der Waals surface area contributed by atoms with Gasteiger partial charge in [-0.3, -0.25) is 4.90 Å². The van der Waals surface area contributed by atoms with Crippen molar-refractivity contribution >= 4 is 0 Å². The predicted molar refractivity (Wildman–Crippen MR) is 79.1 cm³/mol. The summed E-state index contributed by atoms with van der Waals surface area (Å²) in [6.45, 7) is 11.4. The van der Waals surface area contributed by atoms with E-state index in [2.05, 4.69) is 48.3 Å². The maximum Gasteiger partial charge on any atom is 0.0594 e. The largest absolute Gasteiger partial charge is 0.379 e. The number of hydrogen-bond acceptors (Lipinski definition) is 3. The van der Waals surface area contributed by atoms with E-state index in [4.69, 9.17) is 4.74 Å². The summed E-state index contributed by atoms with van der Waals surface area (Å²) in [6.07, 6.45) is 0. The molecule has 106 valence electrons. The van der Waals surface area contributed by atoms with Crippen molar-refractivity contribution in [3.05, 3.63) is 35.4 Å². The molecule has 1 aliphatic rings. The lowest BCUT2D eigenvalue weighted by molar-refractivity contribution is 0.0340. The lowest BCUT2D eigenvalue weighted by Gasteiger charge is -2.27. The van der Waals surface area contributed by atoms with E-state index in [9.17, 15) is 0 Å². The monoisotopic (exact) mass is 262 g/mol. The Balaban J connectivity index is 1.91. The summed E-state index contributed by atoms with van der Waals surface area (Å²) in [5.41, 5.74) is 2.87. The van der Waals surface area contributed by atoms with Gasteiger partial charge < -0.3 is 10.1 Å². The van der Waals surface area contributed by atoms with Crippen LogP contribution in [0, 0.1) is 5.92 Å². The van der Waals surface area contributed by atoms with Crippen LogP contribution in [0.15, 0.2) is 24.3 Å². The molecular formula is C16H26N2O. The second-order valence-electron chi connectivity index (χ2n) is 5.68. The van der Waals surface area contributed by atoms with E-state index in [1.807, 2.05) is 0 Å². The van der Waals surface area contributed by atoms with Crippen LogP contribution in [-0.2, 0) is 17.8 Å². The number of ether oxygens (including phenoxy) is 1. The van der Waals surface area contributed by atoms with Gasteiger partial charge in [-0.25, -0.2) is 0 Å². The Morgan fingerprint density at radius 3 is 2.53 bits per heavy atom. The highest BCUT2D eigenvalue weighted by Crippen LogP contribution is 2.13. The first-order chi connectivity index (χ1) is 9.25. The van der Waals surface area contributed by atoms with Gasteiger partial charge in [0.2, 0.25) is 0 Å². The Hall–Kier alpha value is -0.900. The van der Waals surface area contributed by atoms with Gasteiger partial charge in [0.05, 0.1) is 13.2 Å². The minimum atomic E-state index is 0.700. The van der Waals surface area contributed by atoms with E-state index in [-0.39, 0.29) is 0 Å². The molecule has 0 aromatic heterocycles. The highest BCUT2D eigenvalue weighted by molar-refractivity contribution is 5.27. The molecule has 0 saturated carbocycles. The Morgan fingerprint density at radius 2 is 1.84 bits per heavy atom. The average Bonchev–Trinajstić information content (AvgIpc) is 2.41. The fraction of sp³-hybridized carbons (Fsp3) is 0.625. The number of benzene rings is 1. The first-order valence-corrected chi connectivity index (χ1v) is 7.33. The van der Waals surface area contributed by atoms with Crippen LogP contribution in [0.25, 0.3) is 0 Å². The van der Waals surface area contributed by atoms with Crippen molar-refractivity contribution in [2.45, 2.75) is 26.9 Å². The molecule has 0 spiro atoms. The van der Waals surface area contributed by atoms with Gasteiger partial charge in [-0.1, -0.05) is 38.1 Å². The standard InChI is InChI=1S/C16H26N2O/c1-14(2)11-17-12-15-5-3-4-6-16(15)13-18-7-9-19-10-8-18/h3-6,14,17H,7-13H2,1-2H3. The normalized spacial score (nSPS) is 17.0. The molecule has 1 saturated heterocycles. The van der Waals surface area contributed by atoms with Gasteiger partial charge in [-0.15, -0.1) is 0 Å². The van der Waals surface area contributed by atoms with Crippen LogP contribution in [-0.4, -0.2) is 37.7 Å². The Kier molecular flexibility index (Phi) is 5.83. The molecule has 1 aliphatic heterocycles. The van der Waals surface area contributed by atoms with E-state index in [1.54, 1.807) is 0 Å². The molecule has 1 N–H and O–H groups in total.